The standard InChI is InChI=1S/C15H24N4O/c1-11(2)19(12(3)4)10-14-7-5-13(6-8-14)9-17-18-15(16)20/h5-9,11-12H,10H2,1-4H3,(H3,16,18,20). The highest BCUT2D eigenvalue weighted by Gasteiger charge is 2.13. The maximum Gasteiger partial charge on any atom is 0.332 e. The van der Waals surface area contributed by atoms with Gasteiger partial charge in [0.25, 0.3) is 0 Å². The SMILES string of the molecule is CC(C)N(Cc1ccc(C=NNC(N)=O)cc1)C(C)C. The van der Waals surface area contributed by atoms with Crippen molar-refractivity contribution < 1.29 is 4.79 Å². The maximum absolute atomic E-state index is 10.5. The van der Waals surface area contributed by atoms with Gasteiger partial charge in [0, 0.05) is 18.6 Å². The number of benzene rings is 1. The molecular weight excluding hydrogens is 252 g/mol. The third-order valence-corrected chi connectivity index (χ3v) is 3.06. The number of carbonyl (C=O) groups is 1. The predicted molar refractivity (Wildman–Crippen MR) is 82.6 cm³/mol. The molecule has 0 saturated carbocycles. The van der Waals surface area contributed by atoms with Gasteiger partial charge in [-0.15, -0.1) is 0 Å². The Morgan fingerprint density at radius 3 is 2.25 bits per heavy atom. The summed E-state index contributed by atoms with van der Waals surface area (Å²) >= 11 is 0. The Morgan fingerprint density at radius 1 is 1.25 bits per heavy atom. The summed E-state index contributed by atoms with van der Waals surface area (Å²) in [4.78, 5) is 12.9. The molecule has 1 aromatic rings. The van der Waals surface area contributed by atoms with Gasteiger partial charge in [0.1, 0.15) is 0 Å². The van der Waals surface area contributed by atoms with E-state index in [1.165, 1.54) is 5.56 Å². The van der Waals surface area contributed by atoms with Gasteiger partial charge in [0.05, 0.1) is 6.21 Å². The van der Waals surface area contributed by atoms with Crippen molar-refractivity contribution in [2.45, 2.75) is 46.3 Å². The Hall–Kier alpha value is -1.88. The van der Waals surface area contributed by atoms with Crippen molar-refractivity contribution in [3.8, 4) is 0 Å². The molecule has 5 nitrogen and oxygen atoms in total. The van der Waals surface area contributed by atoms with E-state index in [4.69, 9.17) is 5.73 Å². The monoisotopic (exact) mass is 276 g/mol. The highest BCUT2D eigenvalue weighted by Crippen LogP contribution is 2.12. The van der Waals surface area contributed by atoms with Crippen LogP contribution in [0.1, 0.15) is 38.8 Å². The van der Waals surface area contributed by atoms with Crippen LogP contribution in [0.25, 0.3) is 0 Å². The molecule has 0 aromatic heterocycles. The molecule has 0 saturated heterocycles. The molecule has 1 aromatic carbocycles. The largest absolute Gasteiger partial charge is 0.350 e. The van der Waals surface area contributed by atoms with E-state index in [0.717, 1.165) is 12.1 Å². The highest BCUT2D eigenvalue weighted by molar-refractivity contribution is 5.81. The molecule has 5 heteroatoms. The molecular formula is C15H24N4O. The van der Waals surface area contributed by atoms with Crippen molar-refractivity contribution in [1.82, 2.24) is 10.3 Å². The number of amides is 2. The molecule has 0 atom stereocenters. The minimum absolute atomic E-state index is 0.510. The number of hydrogen-bond donors (Lipinski definition) is 2. The number of carbonyl (C=O) groups excluding carboxylic acids is 1. The van der Waals surface area contributed by atoms with Gasteiger partial charge in [0.2, 0.25) is 0 Å². The number of nitrogens with one attached hydrogen (secondary N) is 1. The van der Waals surface area contributed by atoms with Crippen LogP contribution in [0.2, 0.25) is 0 Å². The van der Waals surface area contributed by atoms with Gasteiger partial charge in [-0.3, -0.25) is 4.90 Å². The van der Waals surface area contributed by atoms with Crippen LogP contribution >= 0.6 is 0 Å². The van der Waals surface area contributed by atoms with E-state index < -0.39 is 6.03 Å². The van der Waals surface area contributed by atoms with Crippen LogP contribution in [-0.4, -0.2) is 29.2 Å². The smallest absolute Gasteiger partial charge is 0.332 e. The summed E-state index contributed by atoms with van der Waals surface area (Å²) < 4.78 is 0. The van der Waals surface area contributed by atoms with Gasteiger partial charge >= 0.3 is 6.03 Å². The van der Waals surface area contributed by atoms with Crippen molar-refractivity contribution in [2.24, 2.45) is 10.8 Å². The third kappa shape index (κ3) is 5.40. The zero-order chi connectivity index (χ0) is 15.1. The molecule has 0 unspecified atom stereocenters. The summed E-state index contributed by atoms with van der Waals surface area (Å²) in [6.07, 6.45) is 1.57. The summed E-state index contributed by atoms with van der Waals surface area (Å²) in [7, 11) is 0. The Labute approximate surface area is 120 Å². The number of primary amides is 1. The fourth-order valence-corrected chi connectivity index (χ4v) is 2.05. The van der Waals surface area contributed by atoms with E-state index in [1.807, 2.05) is 12.1 Å². The lowest BCUT2D eigenvalue weighted by Gasteiger charge is -2.30. The van der Waals surface area contributed by atoms with Crippen LogP contribution in [0.4, 0.5) is 4.79 Å². The molecule has 0 aliphatic heterocycles. The topological polar surface area (TPSA) is 70.7 Å². The van der Waals surface area contributed by atoms with Gasteiger partial charge in [-0.25, -0.2) is 10.2 Å². The number of rotatable bonds is 6. The lowest BCUT2D eigenvalue weighted by molar-refractivity contribution is 0.166. The summed E-state index contributed by atoms with van der Waals surface area (Å²) in [5.74, 6) is 0. The summed E-state index contributed by atoms with van der Waals surface area (Å²) in [6, 6.07) is 8.45. The molecule has 0 fully saturated rings. The zero-order valence-electron chi connectivity index (χ0n) is 12.6. The maximum atomic E-state index is 10.5. The number of nitrogens with two attached hydrogens (primary N) is 1. The normalized spacial score (nSPS) is 11.8. The summed E-state index contributed by atoms with van der Waals surface area (Å²) in [5.41, 5.74) is 9.27. The Bertz CT molecular complexity index is 443. The van der Waals surface area contributed by atoms with Crippen LogP contribution in [0.3, 0.4) is 0 Å². The quantitative estimate of drug-likeness (QED) is 0.618. The molecule has 2 amide bonds. The first-order chi connectivity index (χ1) is 9.40. The first-order valence-electron chi connectivity index (χ1n) is 6.83. The molecule has 0 radical (unpaired) electrons. The molecule has 0 bridgehead atoms. The van der Waals surface area contributed by atoms with Crippen LogP contribution in [-0.2, 0) is 6.54 Å². The van der Waals surface area contributed by atoms with Crippen molar-refractivity contribution in [3.05, 3.63) is 35.4 Å². The zero-order valence-corrected chi connectivity index (χ0v) is 12.6. The van der Waals surface area contributed by atoms with E-state index in [0.29, 0.717) is 12.1 Å². The molecule has 0 heterocycles. The van der Waals surface area contributed by atoms with Gasteiger partial charge in [-0.05, 0) is 38.8 Å². The third-order valence-electron chi connectivity index (χ3n) is 3.06. The van der Waals surface area contributed by atoms with Gasteiger partial charge in [-0.2, -0.15) is 5.10 Å². The lowest BCUT2D eigenvalue weighted by atomic mass is 10.1. The average Bonchev–Trinajstić information content (AvgIpc) is 2.36. The van der Waals surface area contributed by atoms with Crippen molar-refractivity contribution in [1.29, 1.82) is 0 Å². The molecule has 0 aliphatic rings. The lowest BCUT2D eigenvalue weighted by Crippen LogP contribution is -2.36. The molecule has 3 N–H and O–H groups in total. The van der Waals surface area contributed by atoms with Crippen LogP contribution < -0.4 is 11.2 Å². The van der Waals surface area contributed by atoms with Gasteiger partial charge < -0.3 is 5.73 Å². The molecule has 0 spiro atoms. The minimum atomic E-state index is -0.664. The number of urea groups is 1. The van der Waals surface area contributed by atoms with E-state index in [2.05, 4.69) is 55.3 Å². The Morgan fingerprint density at radius 2 is 1.80 bits per heavy atom. The van der Waals surface area contributed by atoms with Gasteiger partial charge in [-0.1, -0.05) is 24.3 Å². The minimum Gasteiger partial charge on any atom is -0.350 e. The van der Waals surface area contributed by atoms with E-state index in [1.54, 1.807) is 6.21 Å². The van der Waals surface area contributed by atoms with E-state index in [9.17, 15) is 4.79 Å². The molecule has 0 aliphatic carbocycles. The highest BCUT2D eigenvalue weighted by atomic mass is 16.2. The average molecular weight is 276 g/mol. The van der Waals surface area contributed by atoms with Crippen molar-refractivity contribution in [2.75, 3.05) is 0 Å². The number of hydrazone groups is 1. The molecule has 20 heavy (non-hydrogen) atoms. The van der Waals surface area contributed by atoms with Crippen LogP contribution in [0.15, 0.2) is 29.4 Å². The van der Waals surface area contributed by atoms with Crippen LogP contribution in [0.5, 0.6) is 0 Å². The first-order valence-corrected chi connectivity index (χ1v) is 6.83. The van der Waals surface area contributed by atoms with E-state index >= 15 is 0 Å². The van der Waals surface area contributed by atoms with Crippen molar-refractivity contribution in [3.63, 3.8) is 0 Å². The summed E-state index contributed by atoms with van der Waals surface area (Å²) in [6.45, 7) is 9.74. The van der Waals surface area contributed by atoms with Crippen molar-refractivity contribution >= 4 is 12.2 Å². The second-order valence-electron chi connectivity index (χ2n) is 5.34. The fourth-order valence-electron chi connectivity index (χ4n) is 2.05. The molecule has 110 valence electrons. The molecule has 1 rings (SSSR count). The Balaban J connectivity index is 2.66. The fraction of sp³-hybridized carbons (Fsp3) is 0.467. The second-order valence-corrected chi connectivity index (χ2v) is 5.34. The second kappa shape index (κ2) is 7.65. The number of nitrogens with zero attached hydrogens (tertiary/aromatic N) is 2. The number of hydrogen-bond acceptors (Lipinski definition) is 3. The predicted octanol–water partition coefficient (Wildman–Crippen LogP) is 2.31. The summed E-state index contributed by atoms with van der Waals surface area (Å²) in [5, 5.41) is 3.73. The first kappa shape index (κ1) is 16.2. The Kier molecular flexibility index (Phi) is 6.18. The van der Waals surface area contributed by atoms with Crippen LogP contribution in [0, 0.1) is 0 Å². The van der Waals surface area contributed by atoms with Gasteiger partial charge in [0.15, 0.2) is 0 Å². The van der Waals surface area contributed by atoms with E-state index in [-0.39, 0.29) is 0 Å².